The van der Waals surface area contributed by atoms with Crippen molar-refractivity contribution >= 4 is 17.9 Å². The minimum absolute atomic E-state index is 0.0625. The average molecular weight is 948 g/mol. The van der Waals surface area contributed by atoms with Crippen LogP contribution in [-0.2, 0) is 28.6 Å². The summed E-state index contributed by atoms with van der Waals surface area (Å²) in [4.78, 5) is 38.1. The van der Waals surface area contributed by atoms with Gasteiger partial charge in [-0.2, -0.15) is 0 Å². The van der Waals surface area contributed by atoms with Crippen molar-refractivity contribution in [2.24, 2.45) is 11.8 Å². The van der Waals surface area contributed by atoms with Gasteiger partial charge in [-0.05, 0) is 31.1 Å². The summed E-state index contributed by atoms with van der Waals surface area (Å²) in [6.07, 6.45) is 58.1. The highest BCUT2D eigenvalue weighted by Gasteiger charge is 2.19. The molecule has 0 aliphatic carbocycles. The van der Waals surface area contributed by atoms with E-state index in [-0.39, 0.29) is 31.1 Å². The molecular weight excluding hydrogens is 829 g/mol. The highest BCUT2D eigenvalue weighted by atomic mass is 16.6. The zero-order chi connectivity index (χ0) is 48.9. The number of carbonyl (C=O) groups is 3. The van der Waals surface area contributed by atoms with Crippen molar-refractivity contribution < 1.29 is 28.6 Å². The lowest BCUT2D eigenvalue weighted by Crippen LogP contribution is -2.30. The molecule has 0 aromatic heterocycles. The van der Waals surface area contributed by atoms with Crippen molar-refractivity contribution in [2.75, 3.05) is 13.2 Å². The maximum atomic E-state index is 12.8. The van der Waals surface area contributed by atoms with Gasteiger partial charge in [0.2, 0.25) is 0 Å². The minimum atomic E-state index is -0.762. The summed E-state index contributed by atoms with van der Waals surface area (Å²) < 4.78 is 16.9. The van der Waals surface area contributed by atoms with Gasteiger partial charge in [0, 0.05) is 19.3 Å². The van der Waals surface area contributed by atoms with Crippen LogP contribution in [0.4, 0.5) is 0 Å². The molecular formula is C61H118O6. The van der Waals surface area contributed by atoms with Gasteiger partial charge in [0.05, 0.1) is 0 Å². The smallest absolute Gasteiger partial charge is 0.306 e. The molecule has 0 N–H and O–H groups in total. The fourth-order valence-corrected chi connectivity index (χ4v) is 9.34. The highest BCUT2D eigenvalue weighted by molar-refractivity contribution is 5.71. The van der Waals surface area contributed by atoms with Crippen molar-refractivity contribution in [3.8, 4) is 0 Å². The Morgan fingerprint density at radius 2 is 0.522 bits per heavy atom. The molecule has 0 radical (unpaired) electrons. The molecule has 0 fully saturated rings. The largest absolute Gasteiger partial charge is 0.462 e. The maximum absolute atomic E-state index is 12.8. The predicted octanol–water partition coefficient (Wildman–Crippen LogP) is 20.0. The van der Waals surface area contributed by atoms with Crippen molar-refractivity contribution in [3.05, 3.63) is 0 Å². The first kappa shape index (κ1) is 65.4. The van der Waals surface area contributed by atoms with Crippen LogP contribution in [0.15, 0.2) is 0 Å². The van der Waals surface area contributed by atoms with Crippen LogP contribution in [0, 0.1) is 11.8 Å². The van der Waals surface area contributed by atoms with E-state index in [0.29, 0.717) is 19.3 Å². The van der Waals surface area contributed by atoms with Gasteiger partial charge in [0.1, 0.15) is 13.2 Å². The lowest BCUT2D eigenvalue weighted by atomic mass is 9.99. The molecule has 0 aromatic carbocycles. The van der Waals surface area contributed by atoms with E-state index >= 15 is 0 Å². The lowest BCUT2D eigenvalue weighted by molar-refractivity contribution is -0.167. The van der Waals surface area contributed by atoms with Crippen LogP contribution in [0.5, 0.6) is 0 Å². The monoisotopic (exact) mass is 947 g/mol. The van der Waals surface area contributed by atoms with Crippen LogP contribution in [0.2, 0.25) is 0 Å². The van der Waals surface area contributed by atoms with Gasteiger partial charge in [-0.1, -0.05) is 304 Å². The fraction of sp³-hybridized carbons (Fsp3) is 0.951. The molecule has 0 amide bonds. The van der Waals surface area contributed by atoms with Gasteiger partial charge in [-0.3, -0.25) is 14.4 Å². The Labute approximate surface area is 418 Å². The predicted molar refractivity (Wildman–Crippen MR) is 289 cm³/mol. The molecule has 6 nitrogen and oxygen atoms in total. The van der Waals surface area contributed by atoms with Crippen molar-refractivity contribution in [2.45, 2.75) is 349 Å². The Morgan fingerprint density at radius 3 is 0.776 bits per heavy atom. The van der Waals surface area contributed by atoms with Crippen LogP contribution < -0.4 is 0 Å². The van der Waals surface area contributed by atoms with Gasteiger partial charge in [0.15, 0.2) is 6.10 Å². The van der Waals surface area contributed by atoms with Crippen molar-refractivity contribution in [1.82, 2.24) is 0 Å². The number of unbranched alkanes of at least 4 members (excludes halogenated alkanes) is 38. The Bertz CT molecular complexity index is 1030. The summed E-state index contributed by atoms with van der Waals surface area (Å²) in [5.41, 5.74) is 0. The van der Waals surface area contributed by atoms with E-state index in [9.17, 15) is 14.4 Å². The molecule has 2 unspecified atom stereocenters. The van der Waals surface area contributed by atoms with E-state index < -0.39 is 6.10 Å². The van der Waals surface area contributed by atoms with Crippen LogP contribution in [-0.4, -0.2) is 37.2 Å². The average Bonchev–Trinajstić information content (AvgIpc) is 3.33. The molecule has 0 aliphatic heterocycles. The second-order valence-electron chi connectivity index (χ2n) is 21.5. The van der Waals surface area contributed by atoms with Gasteiger partial charge < -0.3 is 14.2 Å². The van der Waals surface area contributed by atoms with E-state index in [1.54, 1.807) is 0 Å². The Kier molecular flexibility index (Phi) is 52.5. The third-order valence-corrected chi connectivity index (χ3v) is 14.7. The number of hydrogen-bond donors (Lipinski definition) is 0. The Balaban J connectivity index is 4.17. The Morgan fingerprint density at radius 1 is 0.299 bits per heavy atom. The minimum Gasteiger partial charge on any atom is -0.462 e. The number of ether oxygens (including phenoxy) is 3. The first-order chi connectivity index (χ1) is 32.8. The Hall–Kier alpha value is -1.59. The summed E-state index contributed by atoms with van der Waals surface area (Å²) in [5.74, 6) is 0.965. The second kappa shape index (κ2) is 53.8. The van der Waals surface area contributed by atoms with E-state index in [1.807, 2.05) is 0 Å². The zero-order valence-electron chi connectivity index (χ0n) is 46.0. The molecule has 6 heteroatoms. The number of rotatable bonds is 55. The third kappa shape index (κ3) is 52.1. The normalized spacial score (nSPS) is 12.9. The zero-order valence-corrected chi connectivity index (χ0v) is 46.0. The van der Waals surface area contributed by atoms with Crippen molar-refractivity contribution in [3.63, 3.8) is 0 Å². The van der Waals surface area contributed by atoms with Crippen LogP contribution in [0.25, 0.3) is 0 Å². The molecule has 0 saturated carbocycles. The van der Waals surface area contributed by atoms with Crippen molar-refractivity contribution in [1.29, 1.82) is 0 Å². The SMILES string of the molecule is CCCCCCCCCCCC(=O)OC[C@@H](COC(=O)CCCCCCCCCCCCCCCCCCCCC(C)CC)OC(=O)CCCCCCCCCCCCCCCCC(C)CC. The molecule has 0 saturated heterocycles. The van der Waals surface area contributed by atoms with Gasteiger partial charge in [0.25, 0.3) is 0 Å². The molecule has 0 heterocycles. The molecule has 67 heavy (non-hydrogen) atoms. The molecule has 398 valence electrons. The van der Waals surface area contributed by atoms with Crippen LogP contribution in [0.3, 0.4) is 0 Å². The van der Waals surface area contributed by atoms with Gasteiger partial charge in [-0.15, -0.1) is 0 Å². The standard InChI is InChI=1S/C61H118O6/c1-6-9-10-11-12-29-36-41-46-51-59(62)65-54-58(67-61(64)53-48-43-38-33-28-24-20-19-22-26-31-35-40-45-50-57(5)8-3)55-66-60(63)52-47-42-37-32-27-23-18-16-14-13-15-17-21-25-30-34-39-44-49-56(4)7-2/h56-58H,6-55H2,1-5H3/t56?,57?,58-/m0/s1. The molecule has 0 aliphatic rings. The molecule has 0 spiro atoms. The lowest BCUT2D eigenvalue weighted by Gasteiger charge is -2.18. The number of esters is 3. The molecule has 0 aromatic rings. The topological polar surface area (TPSA) is 78.9 Å². The molecule has 3 atom stereocenters. The fourth-order valence-electron chi connectivity index (χ4n) is 9.34. The first-order valence-electron chi connectivity index (χ1n) is 30.3. The quantitative estimate of drug-likeness (QED) is 0.0343. The van der Waals surface area contributed by atoms with Crippen LogP contribution in [0.1, 0.15) is 343 Å². The molecule has 0 rings (SSSR count). The van der Waals surface area contributed by atoms with Crippen LogP contribution >= 0.6 is 0 Å². The summed E-state index contributed by atoms with van der Waals surface area (Å²) in [6, 6.07) is 0. The number of hydrogen-bond acceptors (Lipinski definition) is 6. The van der Waals surface area contributed by atoms with E-state index in [0.717, 1.165) is 69.6 Å². The number of carbonyl (C=O) groups excluding carboxylic acids is 3. The summed E-state index contributed by atoms with van der Waals surface area (Å²) >= 11 is 0. The first-order valence-corrected chi connectivity index (χ1v) is 30.3. The summed E-state index contributed by atoms with van der Waals surface area (Å²) in [6.45, 7) is 11.5. The third-order valence-electron chi connectivity index (χ3n) is 14.7. The summed E-state index contributed by atoms with van der Waals surface area (Å²) in [7, 11) is 0. The van der Waals surface area contributed by atoms with E-state index in [2.05, 4.69) is 34.6 Å². The van der Waals surface area contributed by atoms with E-state index in [1.165, 1.54) is 231 Å². The second-order valence-corrected chi connectivity index (χ2v) is 21.5. The van der Waals surface area contributed by atoms with Gasteiger partial charge in [-0.25, -0.2) is 0 Å². The van der Waals surface area contributed by atoms with E-state index in [4.69, 9.17) is 14.2 Å². The van der Waals surface area contributed by atoms with Gasteiger partial charge >= 0.3 is 17.9 Å². The summed E-state index contributed by atoms with van der Waals surface area (Å²) in [5, 5.41) is 0. The highest BCUT2D eigenvalue weighted by Crippen LogP contribution is 2.19. The maximum Gasteiger partial charge on any atom is 0.306 e. The molecule has 0 bridgehead atoms.